The molecule has 0 aliphatic carbocycles. The standard InChI is InChI=1S/C11H13FN2O/c1-11(2)6-13-8-4-3-7(12)5-9(8)14-10(11)15/h3-5,13H,6H2,1-2H3,(H,14,15). The maximum atomic E-state index is 13.0. The highest BCUT2D eigenvalue weighted by atomic mass is 19.1. The third kappa shape index (κ3) is 1.79. The molecule has 3 nitrogen and oxygen atoms in total. The van der Waals surface area contributed by atoms with E-state index < -0.39 is 5.41 Å². The van der Waals surface area contributed by atoms with Crippen LogP contribution in [0.25, 0.3) is 0 Å². The van der Waals surface area contributed by atoms with Crippen LogP contribution in [0.5, 0.6) is 0 Å². The summed E-state index contributed by atoms with van der Waals surface area (Å²) in [6.07, 6.45) is 0. The minimum Gasteiger partial charge on any atom is -0.382 e. The fourth-order valence-corrected chi connectivity index (χ4v) is 1.46. The quantitative estimate of drug-likeness (QED) is 0.686. The van der Waals surface area contributed by atoms with Gasteiger partial charge < -0.3 is 10.6 Å². The molecule has 1 heterocycles. The van der Waals surface area contributed by atoms with E-state index in [1.54, 1.807) is 6.07 Å². The second-order valence-electron chi connectivity index (χ2n) is 4.38. The molecule has 80 valence electrons. The van der Waals surface area contributed by atoms with Gasteiger partial charge in [0.1, 0.15) is 5.82 Å². The number of anilines is 2. The molecule has 0 atom stereocenters. The molecule has 4 heteroatoms. The van der Waals surface area contributed by atoms with Crippen LogP contribution in [0, 0.1) is 11.2 Å². The highest BCUT2D eigenvalue weighted by Crippen LogP contribution is 2.30. The predicted molar refractivity (Wildman–Crippen MR) is 57.3 cm³/mol. The first-order chi connectivity index (χ1) is 6.99. The number of hydrogen-bond acceptors (Lipinski definition) is 2. The average Bonchev–Trinajstić information content (AvgIpc) is 2.25. The summed E-state index contributed by atoms with van der Waals surface area (Å²) in [5.41, 5.74) is 0.774. The van der Waals surface area contributed by atoms with Gasteiger partial charge in [0, 0.05) is 6.54 Å². The van der Waals surface area contributed by atoms with Gasteiger partial charge in [-0.25, -0.2) is 4.39 Å². The van der Waals surface area contributed by atoms with E-state index in [4.69, 9.17) is 0 Å². The molecule has 0 unspecified atom stereocenters. The Hall–Kier alpha value is -1.58. The Balaban J connectivity index is 2.40. The smallest absolute Gasteiger partial charge is 0.231 e. The van der Waals surface area contributed by atoms with Crippen LogP contribution in [0.3, 0.4) is 0 Å². The number of fused-ring (bicyclic) bond motifs is 1. The molecule has 0 aromatic heterocycles. The first-order valence-corrected chi connectivity index (χ1v) is 4.84. The maximum absolute atomic E-state index is 13.0. The number of rotatable bonds is 0. The van der Waals surface area contributed by atoms with Crippen LogP contribution in [0.4, 0.5) is 15.8 Å². The fourth-order valence-electron chi connectivity index (χ4n) is 1.46. The summed E-state index contributed by atoms with van der Waals surface area (Å²) in [6.45, 7) is 4.23. The molecule has 1 aliphatic heterocycles. The molecule has 0 fully saturated rings. The third-order valence-electron chi connectivity index (χ3n) is 2.57. The van der Waals surface area contributed by atoms with Crippen molar-refractivity contribution in [1.29, 1.82) is 0 Å². The first kappa shape index (κ1) is 9.96. The van der Waals surface area contributed by atoms with Crippen molar-refractivity contribution >= 4 is 17.3 Å². The van der Waals surface area contributed by atoms with Gasteiger partial charge in [-0.05, 0) is 32.0 Å². The summed E-state index contributed by atoms with van der Waals surface area (Å²) in [4.78, 5) is 11.7. The lowest BCUT2D eigenvalue weighted by molar-refractivity contribution is -0.123. The van der Waals surface area contributed by atoms with Crippen LogP contribution >= 0.6 is 0 Å². The predicted octanol–water partition coefficient (Wildman–Crippen LogP) is 2.22. The molecular weight excluding hydrogens is 195 g/mol. The van der Waals surface area contributed by atoms with E-state index in [-0.39, 0.29) is 11.7 Å². The average molecular weight is 208 g/mol. The second-order valence-corrected chi connectivity index (χ2v) is 4.38. The van der Waals surface area contributed by atoms with Gasteiger partial charge >= 0.3 is 0 Å². The van der Waals surface area contributed by atoms with Crippen molar-refractivity contribution < 1.29 is 9.18 Å². The van der Waals surface area contributed by atoms with Crippen molar-refractivity contribution in [2.45, 2.75) is 13.8 Å². The molecule has 1 aromatic rings. The number of halogens is 1. The topological polar surface area (TPSA) is 41.1 Å². The van der Waals surface area contributed by atoms with Crippen molar-refractivity contribution in [3.05, 3.63) is 24.0 Å². The number of hydrogen-bond donors (Lipinski definition) is 2. The van der Waals surface area contributed by atoms with Crippen molar-refractivity contribution in [3.63, 3.8) is 0 Å². The van der Waals surface area contributed by atoms with E-state index in [9.17, 15) is 9.18 Å². The zero-order valence-electron chi connectivity index (χ0n) is 8.73. The largest absolute Gasteiger partial charge is 0.382 e. The van der Waals surface area contributed by atoms with Crippen LogP contribution in [-0.2, 0) is 4.79 Å². The molecule has 0 spiro atoms. The summed E-state index contributed by atoms with van der Waals surface area (Å²) >= 11 is 0. The summed E-state index contributed by atoms with van der Waals surface area (Å²) < 4.78 is 13.0. The highest BCUT2D eigenvalue weighted by molar-refractivity contribution is 5.99. The number of benzene rings is 1. The molecule has 15 heavy (non-hydrogen) atoms. The molecule has 0 saturated carbocycles. The van der Waals surface area contributed by atoms with E-state index in [0.717, 1.165) is 5.69 Å². The summed E-state index contributed by atoms with van der Waals surface area (Å²) in [5.74, 6) is -0.449. The van der Waals surface area contributed by atoms with E-state index in [1.807, 2.05) is 13.8 Å². The first-order valence-electron chi connectivity index (χ1n) is 4.84. The van der Waals surface area contributed by atoms with Gasteiger partial charge in [0.05, 0.1) is 16.8 Å². The Bertz CT molecular complexity index is 415. The molecule has 1 aromatic carbocycles. The van der Waals surface area contributed by atoms with Gasteiger partial charge in [0.25, 0.3) is 0 Å². The summed E-state index contributed by atoms with van der Waals surface area (Å²) in [6, 6.07) is 4.32. The molecule has 2 N–H and O–H groups in total. The van der Waals surface area contributed by atoms with Crippen molar-refractivity contribution in [1.82, 2.24) is 0 Å². The lowest BCUT2D eigenvalue weighted by atomic mass is 9.93. The lowest BCUT2D eigenvalue weighted by Gasteiger charge is -2.19. The van der Waals surface area contributed by atoms with Crippen LogP contribution in [-0.4, -0.2) is 12.5 Å². The van der Waals surface area contributed by atoms with Crippen molar-refractivity contribution in [2.24, 2.45) is 5.41 Å². The van der Waals surface area contributed by atoms with Crippen LogP contribution in [0.1, 0.15) is 13.8 Å². The highest BCUT2D eigenvalue weighted by Gasteiger charge is 2.30. The van der Waals surface area contributed by atoms with Crippen molar-refractivity contribution in [2.75, 3.05) is 17.2 Å². The molecule has 0 saturated heterocycles. The van der Waals surface area contributed by atoms with Gasteiger partial charge in [-0.3, -0.25) is 4.79 Å². The molecule has 1 aliphatic rings. The SMILES string of the molecule is CC1(C)CNc2ccc(F)cc2NC1=O. The molecule has 2 rings (SSSR count). The van der Waals surface area contributed by atoms with Gasteiger partial charge in [0.2, 0.25) is 5.91 Å². The number of carbonyl (C=O) groups is 1. The Kier molecular flexibility index (Phi) is 2.14. The Labute approximate surface area is 87.7 Å². The van der Waals surface area contributed by atoms with Crippen LogP contribution in [0.2, 0.25) is 0 Å². The van der Waals surface area contributed by atoms with Gasteiger partial charge in [-0.15, -0.1) is 0 Å². The van der Waals surface area contributed by atoms with Crippen molar-refractivity contribution in [3.8, 4) is 0 Å². The Morgan fingerprint density at radius 1 is 1.33 bits per heavy atom. The number of amides is 1. The van der Waals surface area contributed by atoms with E-state index >= 15 is 0 Å². The zero-order chi connectivity index (χ0) is 11.1. The third-order valence-corrected chi connectivity index (χ3v) is 2.57. The normalized spacial score (nSPS) is 18.5. The van der Waals surface area contributed by atoms with E-state index in [2.05, 4.69) is 10.6 Å². The lowest BCUT2D eigenvalue weighted by Crippen LogP contribution is -2.34. The Morgan fingerprint density at radius 2 is 2.07 bits per heavy atom. The maximum Gasteiger partial charge on any atom is 0.231 e. The second kappa shape index (κ2) is 3.22. The summed E-state index contributed by atoms with van der Waals surface area (Å²) in [7, 11) is 0. The van der Waals surface area contributed by atoms with Crippen LogP contribution < -0.4 is 10.6 Å². The minimum absolute atomic E-state index is 0.0978. The van der Waals surface area contributed by atoms with Gasteiger partial charge in [-0.1, -0.05) is 0 Å². The molecule has 0 radical (unpaired) electrons. The fraction of sp³-hybridized carbons (Fsp3) is 0.364. The minimum atomic E-state index is -0.491. The van der Waals surface area contributed by atoms with Gasteiger partial charge in [-0.2, -0.15) is 0 Å². The molecule has 0 bridgehead atoms. The van der Waals surface area contributed by atoms with E-state index in [0.29, 0.717) is 12.2 Å². The monoisotopic (exact) mass is 208 g/mol. The summed E-state index contributed by atoms with van der Waals surface area (Å²) in [5, 5.41) is 5.84. The number of nitrogens with one attached hydrogen (secondary N) is 2. The zero-order valence-corrected chi connectivity index (χ0v) is 8.73. The van der Waals surface area contributed by atoms with Crippen LogP contribution in [0.15, 0.2) is 18.2 Å². The van der Waals surface area contributed by atoms with E-state index in [1.165, 1.54) is 12.1 Å². The molecule has 1 amide bonds. The Morgan fingerprint density at radius 3 is 2.80 bits per heavy atom. The molecular formula is C11H13FN2O. The van der Waals surface area contributed by atoms with Gasteiger partial charge in [0.15, 0.2) is 0 Å². The number of carbonyl (C=O) groups excluding carboxylic acids is 1.